The van der Waals surface area contributed by atoms with Crippen LogP contribution in [0.5, 0.6) is 0 Å². The molecule has 0 radical (unpaired) electrons. The normalized spacial score (nSPS) is 19.1. The van der Waals surface area contributed by atoms with Crippen LogP contribution >= 0.6 is 15.9 Å². The molecule has 0 amide bonds. The second-order valence-corrected chi connectivity index (χ2v) is 2.40. The fraction of sp³-hybridized carbons (Fsp3) is 0.500. The van der Waals surface area contributed by atoms with E-state index in [4.69, 9.17) is 0 Å². The second kappa shape index (κ2) is 1.74. The lowest BCUT2D eigenvalue weighted by molar-refractivity contribution is 1.27. The SMILES string of the molecule is CC1=NN=C(Br)C1. The first kappa shape index (κ1) is 4.97. The smallest absolute Gasteiger partial charge is 0.111 e. The zero-order chi connectivity index (χ0) is 5.28. The van der Waals surface area contributed by atoms with Gasteiger partial charge >= 0.3 is 0 Å². The average Bonchev–Trinajstić information content (AvgIpc) is 1.87. The summed E-state index contributed by atoms with van der Waals surface area (Å²) >= 11 is 3.21. The topological polar surface area (TPSA) is 24.7 Å². The first-order valence-electron chi connectivity index (χ1n) is 2.04. The van der Waals surface area contributed by atoms with Gasteiger partial charge in [-0.25, -0.2) is 0 Å². The molecule has 0 fully saturated rings. The fourth-order valence-electron chi connectivity index (χ4n) is 0.421. The number of hydrogen-bond donors (Lipinski definition) is 0. The van der Waals surface area contributed by atoms with Gasteiger partial charge in [-0.1, -0.05) is 0 Å². The predicted molar refractivity (Wildman–Crippen MR) is 34.1 cm³/mol. The summed E-state index contributed by atoms with van der Waals surface area (Å²) in [4.78, 5) is 0. The second-order valence-electron chi connectivity index (χ2n) is 1.49. The van der Waals surface area contributed by atoms with Crippen molar-refractivity contribution >= 4 is 26.3 Å². The maximum atomic E-state index is 3.77. The maximum Gasteiger partial charge on any atom is 0.111 e. The van der Waals surface area contributed by atoms with Crippen LogP contribution in [-0.4, -0.2) is 10.3 Å². The van der Waals surface area contributed by atoms with Crippen molar-refractivity contribution in [1.29, 1.82) is 0 Å². The molecule has 0 N–H and O–H groups in total. The molecule has 0 spiro atoms. The van der Waals surface area contributed by atoms with E-state index < -0.39 is 0 Å². The lowest BCUT2D eigenvalue weighted by Crippen LogP contribution is -1.87. The molecule has 1 rings (SSSR count). The summed E-state index contributed by atoms with van der Waals surface area (Å²) in [5.41, 5.74) is 1.08. The first-order valence-corrected chi connectivity index (χ1v) is 2.84. The Balaban J connectivity index is 2.61. The van der Waals surface area contributed by atoms with E-state index >= 15 is 0 Å². The van der Waals surface area contributed by atoms with E-state index in [0.29, 0.717) is 0 Å². The van der Waals surface area contributed by atoms with Gasteiger partial charge in [0.05, 0.1) is 0 Å². The molecule has 0 atom stereocenters. The van der Waals surface area contributed by atoms with Gasteiger partial charge in [0.25, 0.3) is 0 Å². The molecule has 0 aliphatic carbocycles. The molecule has 3 heteroatoms. The number of halogens is 1. The molecule has 0 unspecified atom stereocenters. The zero-order valence-corrected chi connectivity index (χ0v) is 5.57. The molecule has 38 valence electrons. The Kier molecular flexibility index (Phi) is 1.23. The third-order valence-electron chi connectivity index (χ3n) is 0.731. The van der Waals surface area contributed by atoms with Gasteiger partial charge < -0.3 is 0 Å². The van der Waals surface area contributed by atoms with Gasteiger partial charge in [0.1, 0.15) is 4.62 Å². The summed E-state index contributed by atoms with van der Waals surface area (Å²) < 4.78 is 0.935. The van der Waals surface area contributed by atoms with Crippen LogP contribution in [0.15, 0.2) is 10.2 Å². The minimum atomic E-state index is 0.889. The number of nitrogens with zero attached hydrogens (tertiary/aromatic N) is 2. The van der Waals surface area contributed by atoms with Crippen molar-refractivity contribution in [2.45, 2.75) is 13.3 Å². The first-order chi connectivity index (χ1) is 3.29. The van der Waals surface area contributed by atoms with E-state index in [9.17, 15) is 0 Å². The molecule has 1 aliphatic rings. The predicted octanol–water partition coefficient (Wildman–Crippen LogP) is 1.56. The van der Waals surface area contributed by atoms with Gasteiger partial charge in [0.2, 0.25) is 0 Å². The highest BCUT2D eigenvalue weighted by atomic mass is 79.9. The molecule has 0 aromatic heterocycles. The maximum absolute atomic E-state index is 3.77. The Hall–Kier alpha value is -0.180. The van der Waals surface area contributed by atoms with Gasteiger partial charge in [0.15, 0.2) is 0 Å². The van der Waals surface area contributed by atoms with Crippen molar-refractivity contribution in [3.63, 3.8) is 0 Å². The Bertz CT molecular complexity index is 121. The molecular weight excluding hydrogens is 156 g/mol. The summed E-state index contributed by atoms with van der Waals surface area (Å²) in [5.74, 6) is 0. The Morgan fingerprint density at radius 3 is 2.43 bits per heavy atom. The molecule has 7 heavy (non-hydrogen) atoms. The highest BCUT2D eigenvalue weighted by molar-refractivity contribution is 9.18. The lowest BCUT2D eigenvalue weighted by Gasteiger charge is -1.78. The molecule has 2 nitrogen and oxygen atoms in total. The number of rotatable bonds is 0. The minimum Gasteiger partial charge on any atom is -0.159 e. The van der Waals surface area contributed by atoms with Crippen molar-refractivity contribution in [1.82, 2.24) is 0 Å². The Morgan fingerprint density at radius 2 is 2.29 bits per heavy atom. The third kappa shape index (κ3) is 1.09. The Labute approximate surface area is 50.5 Å². The molecule has 0 aromatic carbocycles. The van der Waals surface area contributed by atoms with Crippen LogP contribution in [0.1, 0.15) is 13.3 Å². The summed E-state index contributed by atoms with van der Waals surface area (Å²) in [6, 6.07) is 0. The van der Waals surface area contributed by atoms with Crippen molar-refractivity contribution in [3.05, 3.63) is 0 Å². The van der Waals surface area contributed by atoms with Crippen LogP contribution in [-0.2, 0) is 0 Å². The van der Waals surface area contributed by atoms with Crippen molar-refractivity contribution in [2.75, 3.05) is 0 Å². The molecule has 0 saturated heterocycles. The van der Waals surface area contributed by atoms with E-state index in [2.05, 4.69) is 26.1 Å². The fourth-order valence-corrected chi connectivity index (χ4v) is 0.906. The third-order valence-corrected chi connectivity index (χ3v) is 1.17. The molecular formula is C4H5BrN2. The summed E-state index contributed by atoms with van der Waals surface area (Å²) in [6.45, 7) is 1.96. The number of hydrogen-bond acceptors (Lipinski definition) is 2. The van der Waals surface area contributed by atoms with E-state index in [1.807, 2.05) is 6.92 Å². The van der Waals surface area contributed by atoms with Crippen molar-refractivity contribution in [2.24, 2.45) is 10.2 Å². The van der Waals surface area contributed by atoms with Crippen LogP contribution in [0.25, 0.3) is 0 Å². The van der Waals surface area contributed by atoms with Crippen molar-refractivity contribution < 1.29 is 0 Å². The molecule has 0 aromatic rings. The molecule has 0 saturated carbocycles. The standard InChI is InChI=1S/C4H5BrN2/c1-3-2-4(5)7-6-3/h2H2,1H3. The monoisotopic (exact) mass is 160 g/mol. The van der Waals surface area contributed by atoms with E-state index in [1.54, 1.807) is 0 Å². The van der Waals surface area contributed by atoms with E-state index in [1.165, 1.54) is 0 Å². The van der Waals surface area contributed by atoms with E-state index in [0.717, 1.165) is 16.8 Å². The van der Waals surface area contributed by atoms with E-state index in [-0.39, 0.29) is 0 Å². The van der Waals surface area contributed by atoms with Gasteiger partial charge in [0, 0.05) is 12.1 Å². The van der Waals surface area contributed by atoms with Crippen LogP contribution in [0.4, 0.5) is 0 Å². The zero-order valence-electron chi connectivity index (χ0n) is 3.98. The quantitative estimate of drug-likeness (QED) is 0.515. The van der Waals surface area contributed by atoms with Crippen LogP contribution in [0.2, 0.25) is 0 Å². The van der Waals surface area contributed by atoms with Crippen LogP contribution in [0.3, 0.4) is 0 Å². The summed E-state index contributed by atoms with van der Waals surface area (Å²) in [7, 11) is 0. The van der Waals surface area contributed by atoms with Crippen LogP contribution < -0.4 is 0 Å². The lowest BCUT2D eigenvalue weighted by atomic mass is 10.3. The van der Waals surface area contributed by atoms with Gasteiger partial charge in [-0.05, 0) is 22.9 Å². The highest BCUT2D eigenvalue weighted by Gasteiger charge is 2.01. The van der Waals surface area contributed by atoms with Gasteiger partial charge in [-0.2, -0.15) is 5.10 Å². The van der Waals surface area contributed by atoms with Crippen LogP contribution in [0, 0.1) is 0 Å². The Morgan fingerprint density at radius 1 is 1.57 bits per heavy atom. The molecule has 1 aliphatic heterocycles. The van der Waals surface area contributed by atoms with Gasteiger partial charge in [-0.15, -0.1) is 5.10 Å². The summed E-state index contributed by atoms with van der Waals surface area (Å²) in [6.07, 6.45) is 0.889. The largest absolute Gasteiger partial charge is 0.159 e. The highest BCUT2D eigenvalue weighted by Crippen LogP contribution is 2.05. The van der Waals surface area contributed by atoms with Crippen molar-refractivity contribution in [3.8, 4) is 0 Å². The van der Waals surface area contributed by atoms with Gasteiger partial charge in [-0.3, -0.25) is 0 Å². The molecule has 1 heterocycles. The summed E-state index contributed by atoms with van der Waals surface area (Å²) in [5, 5.41) is 7.51. The average molecular weight is 161 g/mol. The molecule has 0 bridgehead atoms. The minimum absolute atomic E-state index is 0.889.